The monoisotopic (exact) mass is 647 g/mol. The lowest BCUT2D eigenvalue weighted by atomic mass is 10.0. The van der Waals surface area contributed by atoms with E-state index in [9.17, 15) is 13.5 Å². The van der Waals surface area contributed by atoms with E-state index >= 15 is 0 Å². The Balaban J connectivity index is 1.02. The molecular weight excluding hydrogens is 606 g/mol. The fourth-order valence-corrected chi connectivity index (χ4v) is 6.27. The number of anilines is 2. The molecule has 0 radical (unpaired) electrons. The van der Waals surface area contributed by atoms with Gasteiger partial charge >= 0.3 is 0 Å². The van der Waals surface area contributed by atoms with Gasteiger partial charge in [-0.05, 0) is 79.1 Å². The van der Waals surface area contributed by atoms with E-state index in [1.807, 2.05) is 66.7 Å². The van der Waals surface area contributed by atoms with Crippen LogP contribution in [0.2, 0.25) is 0 Å². The molecule has 5 rings (SSSR count). The first-order valence-corrected chi connectivity index (χ1v) is 16.7. The normalized spacial score (nSPS) is 14.4. The van der Waals surface area contributed by atoms with Gasteiger partial charge < -0.3 is 34.3 Å². The summed E-state index contributed by atoms with van der Waals surface area (Å²) in [5.74, 6) is 2.39. The summed E-state index contributed by atoms with van der Waals surface area (Å²) in [5.41, 5.74) is 2.45. The fourth-order valence-electron chi connectivity index (χ4n) is 5.22. The zero-order chi connectivity index (χ0) is 32.4. The molecule has 0 spiro atoms. The quantitative estimate of drug-likeness (QED) is 0.162. The standard InChI is InChI=1S/C35H41N3O7S/c1-42-34-17-8-28(22-35(34)43-2)37-46(40,41)33-15-9-29(10-16-33)38-20-18-27(19-21-38)36-23-30(39)25-45-32-13-11-31(12-14-32)44-24-26-6-4-3-5-7-26/h3-17,22,27,30,36-37,39H,18-21,23-25H2,1-2H3/t30-/m0/s1. The Morgan fingerprint density at radius 2 is 1.48 bits per heavy atom. The van der Waals surface area contributed by atoms with Crippen molar-refractivity contribution in [2.45, 2.75) is 36.5 Å². The smallest absolute Gasteiger partial charge is 0.261 e. The van der Waals surface area contributed by atoms with Crippen molar-refractivity contribution in [1.29, 1.82) is 0 Å². The van der Waals surface area contributed by atoms with Gasteiger partial charge in [0.2, 0.25) is 0 Å². The lowest BCUT2D eigenvalue weighted by Gasteiger charge is -2.34. The second-order valence-corrected chi connectivity index (χ2v) is 12.7. The van der Waals surface area contributed by atoms with Crippen LogP contribution in [0, 0.1) is 0 Å². The molecule has 1 aliphatic heterocycles. The number of rotatable bonds is 15. The van der Waals surface area contributed by atoms with Crippen LogP contribution in [0.1, 0.15) is 18.4 Å². The van der Waals surface area contributed by atoms with E-state index in [0.717, 1.165) is 42.9 Å². The molecule has 244 valence electrons. The molecule has 3 N–H and O–H groups in total. The van der Waals surface area contributed by atoms with E-state index in [1.54, 1.807) is 30.3 Å². The van der Waals surface area contributed by atoms with Crippen LogP contribution in [0.4, 0.5) is 11.4 Å². The molecule has 4 aromatic rings. The van der Waals surface area contributed by atoms with Crippen molar-refractivity contribution in [3.8, 4) is 23.0 Å². The van der Waals surface area contributed by atoms with Crippen LogP contribution >= 0.6 is 0 Å². The second kappa shape index (κ2) is 15.7. The summed E-state index contributed by atoms with van der Waals surface area (Å²) in [6.45, 7) is 2.76. The van der Waals surface area contributed by atoms with Crippen LogP contribution in [-0.4, -0.2) is 66.1 Å². The molecule has 46 heavy (non-hydrogen) atoms. The van der Waals surface area contributed by atoms with Crippen LogP contribution in [0.15, 0.2) is 102 Å². The molecular formula is C35H41N3O7S. The predicted octanol–water partition coefficient (Wildman–Crippen LogP) is 5.08. The van der Waals surface area contributed by atoms with Crippen molar-refractivity contribution in [1.82, 2.24) is 5.32 Å². The van der Waals surface area contributed by atoms with Gasteiger partial charge in [-0.1, -0.05) is 30.3 Å². The third kappa shape index (κ3) is 9.06. The molecule has 0 aromatic heterocycles. The molecule has 1 heterocycles. The second-order valence-electron chi connectivity index (χ2n) is 11.0. The third-order valence-electron chi connectivity index (χ3n) is 7.80. The van der Waals surface area contributed by atoms with Gasteiger partial charge in [-0.2, -0.15) is 0 Å². The lowest BCUT2D eigenvalue weighted by molar-refractivity contribution is 0.102. The molecule has 1 fully saturated rings. The van der Waals surface area contributed by atoms with E-state index < -0.39 is 16.1 Å². The maximum Gasteiger partial charge on any atom is 0.261 e. The Labute approximate surface area is 270 Å². The number of nitrogens with one attached hydrogen (secondary N) is 2. The highest BCUT2D eigenvalue weighted by molar-refractivity contribution is 7.92. The van der Waals surface area contributed by atoms with Crippen LogP contribution in [0.5, 0.6) is 23.0 Å². The van der Waals surface area contributed by atoms with Gasteiger partial charge in [0.25, 0.3) is 10.0 Å². The Kier molecular flexibility index (Phi) is 11.2. The van der Waals surface area contributed by atoms with Gasteiger partial charge in [0.05, 0.1) is 24.8 Å². The van der Waals surface area contributed by atoms with Gasteiger partial charge in [-0.15, -0.1) is 0 Å². The summed E-state index contributed by atoms with van der Waals surface area (Å²) in [4.78, 5) is 2.41. The number of ether oxygens (including phenoxy) is 4. The Morgan fingerprint density at radius 1 is 0.826 bits per heavy atom. The summed E-state index contributed by atoms with van der Waals surface area (Å²) in [5, 5.41) is 13.9. The van der Waals surface area contributed by atoms with Crippen LogP contribution in [0.25, 0.3) is 0 Å². The SMILES string of the molecule is COc1ccc(NS(=O)(=O)c2ccc(N3CCC(NC[C@H](O)COc4ccc(OCc5ccccc5)cc4)CC3)cc2)cc1OC. The number of aliphatic hydroxyl groups excluding tert-OH is 1. The molecule has 0 aliphatic carbocycles. The van der Waals surface area contributed by atoms with Gasteiger partial charge in [-0.3, -0.25) is 4.72 Å². The van der Waals surface area contributed by atoms with Crippen molar-refractivity contribution in [3.05, 3.63) is 103 Å². The topological polar surface area (TPSA) is 119 Å². The van der Waals surface area contributed by atoms with E-state index in [0.29, 0.717) is 36.1 Å². The molecule has 1 saturated heterocycles. The maximum absolute atomic E-state index is 13.0. The van der Waals surface area contributed by atoms with Crippen molar-refractivity contribution >= 4 is 21.4 Å². The molecule has 0 unspecified atom stereocenters. The maximum atomic E-state index is 13.0. The average Bonchev–Trinajstić information content (AvgIpc) is 3.10. The molecule has 0 amide bonds. The molecule has 0 bridgehead atoms. The number of methoxy groups -OCH3 is 2. The number of nitrogens with zero attached hydrogens (tertiary/aromatic N) is 1. The molecule has 1 aliphatic rings. The van der Waals surface area contributed by atoms with Crippen molar-refractivity contribution in [2.24, 2.45) is 0 Å². The molecule has 10 nitrogen and oxygen atoms in total. The van der Waals surface area contributed by atoms with Gasteiger partial charge in [0.1, 0.15) is 30.8 Å². The summed E-state index contributed by atoms with van der Waals surface area (Å²) in [6, 6.07) is 29.4. The van der Waals surface area contributed by atoms with E-state index in [2.05, 4.69) is 14.9 Å². The van der Waals surface area contributed by atoms with E-state index in [4.69, 9.17) is 18.9 Å². The Hall–Kier alpha value is -4.45. The van der Waals surface area contributed by atoms with E-state index in [1.165, 1.54) is 14.2 Å². The first kappa shape index (κ1) is 32.9. The minimum absolute atomic E-state index is 0.172. The Bertz CT molecular complexity index is 1630. The minimum Gasteiger partial charge on any atom is -0.493 e. The number of hydrogen-bond donors (Lipinski definition) is 3. The summed E-state index contributed by atoms with van der Waals surface area (Å²) in [7, 11) is -0.759. The van der Waals surface area contributed by atoms with Crippen LogP contribution in [-0.2, 0) is 16.6 Å². The summed E-state index contributed by atoms with van der Waals surface area (Å²) in [6.07, 6.45) is 1.16. The fraction of sp³-hybridized carbons (Fsp3) is 0.314. The first-order chi connectivity index (χ1) is 22.3. The van der Waals surface area contributed by atoms with Gasteiger partial charge in [-0.25, -0.2) is 8.42 Å². The lowest BCUT2D eigenvalue weighted by Crippen LogP contribution is -2.45. The van der Waals surface area contributed by atoms with Gasteiger partial charge in [0.15, 0.2) is 11.5 Å². The Morgan fingerprint density at radius 3 is 2.13 bits per heavy atom. The summed E-state index contributed by atoms with van der Waals surface area (Å²) >= 11 is 0. The predicted molar refractivity (Wildman–Crippen MR) is 179 cm³/mol. The number of benzene rings is 4. The molecule has 0 saturated carbocycles. The van der Waals surface area contributed by atoms with Crippen LogP contribution < -0.4 is 33.9 Å². The zero-order valence-corrected chi connectivity index (χ0v) is 26.9. The molecule has 11 heteroatoms. The molecule has 1 atom stereocenters. The van der Waals surface area contributed by atoms with E-state index in [-0.39, 0.29) is 17.5 Å². The van der Waals surface area contributed by atoms with Crippen molar-refractivity contribution < 1.29 is 32.5 Å². The number of sulfonamides is 1. The molecule has 4 aromatic carbocycles. The highest BCUT2D eigenvalue weighted by Gasteiger charge is 2.21. The number of piperidine rings is 1. The zero-order valence-electron chi connectivity index (χ0n) is 26.1. The minimum atomic E-state index is -3.78. The number of hydrogen-bond acceptors (Lipinski definition) is 9. The largest absolute Gasteiger partial charge is 0.493 e. The van der Waals surface area contributed by atoms with Gasteiger partial charge in [0, 0.05) is 37.4 Å². The number of aliphatic hydroxyl groups is 1. The summed E-state index contributed by atoms with van der Waals surface area (Å²) < 4.78 is 50.6. The first-order valence-electron chi connectivity index (χ1n) is 15.2. The third-order valence-corrected chi connectivity index (χ3v) is 9.20. The average molecular weight is 648 g/mol. The highest BCUT2D eigenvalue weighted by Crippen LogP contribution is 2.31. The van der Waals surface area contributed by atoms with Crippen molar-refractivity contribution in [3.63, 3.8) is 0 Å². The highest BCUT2D eigenvalue weighted by atomic mass is 32.2. The van der Waals surface area contributed by atoms with Crippen LogP contribution in [0.3, 0.4) is 0 Å². The van der Waals surface area contributed by atoms with Crippen molar-refractivity contribution in [2.75, 3.05) is 50.1 Å².